The van der Waals surface area contributed by atoms with Crippen molar-refractivity contribution in [1.82, 2.24) is 19.7 Å². The van der Waals surface area contributed by atoms with E-state index in [1.165, 1.54) is 23.0 Å². The lowest BCUT2D eigenvalue weighted by Crippen LogP contribution is -2.59. The highest BCUT2D eigenvalue weighted by atomic mass is 19.3. The Kier molecular flexibility index (Phi) is 12.2. The SMILES string of the molecule is CCc1cc(Nc2nccn3c(-c4ccc(OC(F)F)c(F)c4F)cnc23)ccc1C(=O)NCCOCCO[C@@H]1O[C@H](CO)[C@@H](O)[C@H](O)[C@H]1O. The van der Waals surface area contributed by atoms with Crippen molar-refractivity contribution >= 4 is 23.1 Å². The van der Waals surface area contributed by atoms with Crippen LogP contribution < -0.4 is 15.4 Å². The summed E-state index contributed by atoms with van der Waals surface area (Å²) in [6.45, 7) is -1.68. The van der Waals surface area contributed by atoms with E-state index in [0.29, 0.717) is 23.2 Å². The lowest BCUT2D eigenvalue weighted by molar-refractivity contribution is -0.302. The third-order valence-corrected chi connectivity index (χ3v) is 7.85. The van der Waals surface area contributed by atoms with Gasteiger partial charge in [0.05, 0.1) is 38.3 Å². The number of hydrogen-bond donors (Lipinski definition) is 6. The first kappa shape index (κ1) is 36.8. The molecule has 0 aliphatic carbocycles. The molecule has 18 heteroatoms. The molecule has 5 atom stereocenters. The number of halogens is 4. The number of carbonyl (C=O) groups excluding carboxylic acids is 1. The number of hydrogen-bond acceptors (Lipinski definition) is 12. The molecule has 1 saturated heterocycles. The van der Waals surface area contributed by atoms with Crippen LogP contribution in [-0.4, -0.2) is 111 Å². The van der Waals surface area contributed by atoms with Gasteiger partial charge in [0, 0.05) is 35.8 Å². The number of carbonyl (C=O) groups is 1. The van der Waals surface area contributed by atoms with Crippen LogP contribution in [0.2, 0.25) is 0 Å². The van der Waals surface area contributed by atoms with Crippen molar-refractivity contribution in [1.29, 1.82) is 0 Å². The summed E-state index contributed by atoms with van der Waals surface area (Å²) in [6.07, 6.45) is -2.22. The van der Waals surface area contributed by atoms with Crippen LogP contribution in [-0.2, 0) is 20.6 Å². The maximum Gasteiger partial charge on any atom is 0.387 e. The molecule has 1 aliphatic heterocycles. The number of nitrogens with one attached hydrogen (secondary N) is 2. The maximum atomic E-state index is 14.9. The van der Waals surface area contributed by atoms with E-state index in [1.807, 2.05) is 6.92 Å². The molecule has 0 spiro atoms. The van der Waals surface area contributed by atoms with Crippen molar-refractivity contribution in [2.75, 3.05) is 38.3 Å². The standard InChI is InChI=1S/C32H35F4N5O9/c1-2-16-13-17(3-4-18(16)30(46)38-8-10-47-11-12-48-31-27(45)26(44)25(43)22(15-42)49-31)40-28-29-39-14-20(41(29)9-7-37-28)19-5-6-21(50-32(35)36)24(34)23(19)33/h3-7,9,13-14,22,25-27,31-32,42-45H,2,8,10-12,15H2,1H3,(H,37,40)(H,38,46)/t22-,25-,26+,27-,31-/m1/s1. The molecule has 1 amide bonds. The summed E-state index contributed by atoms with van der Waals surface area (Å²) in [5, 5.41) is 44.8. The fraction of sp³-hybridized carbons (Fsp3) is 0.406. The Morgan fingerprint density at radius 1 is 1.04 bits per heavy atom. The number of aryl methyl sites for hydroxylation is 1. The summed E-state index contributed by atoms with van der Waals surface area (Å²) in [6, 6.07) is 7.06. The Labute approximate surface area is 282 Å². The van der Waals surface area contributed by atoms with Gasteiger partial charge < -0.3 is 50.0 Å². The minimum absolute atomic E-state index is 0.0325. The number of fused-ring (bicyclic) bond motifs is 1. The molecule has 0 saturated carbocycles. The molecule has 5 rings (SSSR count). The highest BCUT2D eigenvalue weighted by Gasteiger charge is 2.44. The number of imidazole rings is 1. The first-order chi connectivity index (χ1) is 24.0. The second kappa shape index (κ2) is 16.5. The number of aromatic nitrogens is 3. The van der Waals surface area contributed by atoms with E-state index in [1.54, 1.807) is 18.2 Å². The highest BCUT2D eigenvalue weighted by Crippen LogP contribution is 2.32. The summed E-state index contributed by atoms with van der Waals surface area (Å²) in [5.41, 5.74) is 1.86. The zero-order valence-electron chi connectivity index (χ0n) is 26.5. The van der Waals surface area contributed by atoms with E-state index in [4.69, 9.17) is 14.2 Å². The van der Waals surface area contributed by atoms with Gasteiger partial charge in [-0.05, 0) is 42.3 Å². The molecule has 1 aliphatic rings. The van der Waals surface area contributed by atoms with Gasteiger partial charge in [0.25, 0.3) is 5.91 Å². The number of aliphatic hydroxyl groups is 4. The van der Waals surface area contributed by atoms with Gasteiger partial charge >= 0.3 is 6.61 Å². The quantitative estimate of drug-likeness (QED) is 0.0781. The fourth-order valence-electron chi connectivity index (χ4n) is 5.31. The first-order valence-corrected chi connectivity index (χ1v) is 15.5. The Morgan fingerprint density at radius 3 is 2.58 bits per heavy atom. The molecular weight excluding hydrogens is 674 g/mol. The van der Waals surface area contributed by atoms with Crippen LogP contribution in [0.3, 0.4) is 0 Å². The van der Waals surface area contributed by atoms with E-state index in [0.717, 1.165) is 12.1 Å². The Bertz CT molecular complexity index is 1780. The van der Waals surface area contributed by atoms with Crippen LogP contribution in [0.1, 0.15) is 22.8 Å². The molecule has 4 aromatic rings. The van der Waals surface area contributed by atoms with Gasteiger partial charge in [-0.3, -0.25) is 9.20 Å². The van der Waals surface area contributed by atoms with E-state index < -0.39 is 61.3 Å². The van der Waals surface area contributed by atoms with Gasteiger partial charge in [-0.15, -0.1) is 0 Å². The molecule has 270 valence electrons. The number of rotatable bonds is 15. The lowest BCUT2D eigenvalue weighted by atomic mass is 9.99. The van der Waals surface area contributed by atoms with Crippen molar-refractivity contribution in [3.05, 3.63) is 71.7 Å². The summed E-state index contributed by atoms with van der Waals surface area (Å²) < 4.78 is 75.9. The number of alkyl halides is 2. The summed E-state index contributed by atoms with van der Waals surface area (Å²) >= 11 is 0. The molecule has 14 nitrogen and oxygen atoms in total. The number of anilines is 2. The van der Waals surface area contributed by atoms with Crippen LogP contribution in [0, 0.1) is 11.6 Å². The predicted molar refractivity (Wildman–Crippen MR) is 167 cm³/mol. The summed E-state index contributed by atoms with van der Waals surface area (Å²) in [7, 11) is 0. The predicted octanol–water partition coefficient (Wildman–Crippen LogP) is 2.14. The monoisotopic (exact) mass is 709 g/mol. The molecule has 50 heavy (non-hydrogen) atoms. The van der Waals surface area contributed by atoms with Gasteiger partial charge in [0.2, 0.25) is 5.82 Å². The number of amides is 1. The Balaban J connectivity index is 1.15. The topological polar surface area (TPSA) is 189 Å². The molecule has 2 aromatic heterocycles. The minimum atomic E-state index is -3.32. The molecule has 3 heterocycles. The molecule has 1 fully saturated rings. The second-order valence-electron chi connectivity index (χ2n) is 11.0. The Hall–Kier alpha value is -4.43. The summed E-state index contributed by atoms with van der Waals surface area (Å²) in [4.78, 5) is 21.5. The van der Waals surface area contributed by atoms with E-state index in [2.05, 4.69) is 25.3 Å². The van der Waals surface area contributed by atoms with Crippen molar-refractivity contribution in [3.63, 3.8) is 0 Å². The third kappa shape index (κ3) is 8.13. The zero-order chi connectivity index (χ0) is 35.9. The maximum absolute atomic E-state index is 14.9. The van der Waals surface area contributed by atoms with Gasteiger partial charge in [-0.2, -0.15) is 13.2 Å². The fourth-order valence-corrected chi connectivity index (χ4v) is 5.31. The van der Waals surface area contributed by atoms with Crippen molar-refractivity contribution in [3.8, 4) is 17.0 Å². The van der Waals surface area contributed by atoms with Gasteiger partial charge in [-0.25, -0.2) is 14.4 Å². The Morgan fingerprint density at radius 2 is 1.84 bits per heavy atom. The van der Waals surface area contributed by atoms with Crippen molar-refractivity contribution in [2.24, 2.45) is 0 Å². The number of ether oxygens (including phenoxy) is 4. The van der Waals surface area contributed by atoms with Gasteiger partial charge in [-0.1, -0.05) is 6.92 Å². The van der Waals surface area contributed by atoms with Crippen molar-refractivity contribution in [2.45, 2.75) is 50.7 Å². The number of benzene rings is 2. The van der Waals surface area contributed by atoms with Crippen LogP contribution in [0.4, 0.5) is 29.1 Å². The van der Waals surface area contributed by atoms with Gasteiger partial charge in [0.15, 0.2) is 29.3 Å². The smallest absolute Gasteiger partial charge is 0.387 e. The largest absolute Gasteiger partial charge is 0.432 e. The molecule has 0 bridgehead atoms. The molecule has 2 aromatic carbocycles. The van der Waals surface area contributed by atoms with E-state index >= 15 is 0 Å². The van der Waals surface area contributed by atoms with Crippen LogP contribution in [0.25, 0.3) is 16.9 Å². The first-order valence-electron chi connectivity index (χ1n) is 15.5. The highest BCUT2D eigenvalue weighted by molar-refractivity contribution is 5.96. The third-order valence-electron chi connectivity index (χ3n) is 7.85. The van der Waals surface area contributed by atoms with Crippen molar-refractivity contribution < 1.29 is 61.7 Å². The normalized spacial score (nSPS) is 20.7. The van der Waals surface area contributed by atoms with Crippen LogP contribution >= 0.6 is 0 Å². The van der Waals surface area contributed by atoms with Crippen LogP contribution in [0.5, 0.6) is 5.75 Å². The minimum Gasteiger partial charge on any atom is -0.432 e. The van der Waals surface area contributed by atoms with E-state index in [9.17, 15) is 42.8 Å². The van der Waals surface area contributed by atoms with E-state index in [-0.39, 0.29) is 55.0 Å². The average Bonchev–Trinajstić information content (AvgIpc) is 3.54. The molecule has 6 N–H and O–H groups in total. The lowest BCUT2D eigenvalue weighted by Gasteiger charge is -2.39. The molecular formula is C32H35F4N5O9. The number of aliphatic hydroxyl groups excluding tert-OH is 4. The second-order valence-corrected chi connectivity index (χ2v) is 11.0. The number of nitrogens with zero attached hydrogens (tertiary/aromatic N) is 3. The zero-order valence-corrected chi connectivity index (χ0v) is 26.5. The molecule has 0 radical (unpaired) electrons. The molecule has 0 unspecified atom stereocenters. The average molecular weight is 710 g/mol. The summed E-state index contributed by atoms with van der Waals surface area (Å²) in [5.74, 6) is -3.94. The van der Waals surface area contributed by atoms with Gasteiger partial charge in [0.1, 0.15) is 24.4 Å². The van der Waals surface area contributed by atoms with Crippen LogP contribution in [0.15, 0.2) is 48.9 Å².